The van der Waals surface area contributed by atoms with Crippen LogP contribution in [0, 0.1) is 17.7 Å². The minimum atomic E-state index is -0.487. The zero-order chi connectivity index (χ0) is 15.2. The van der Waals surface area contributed by atoms with Crippen molar-refractivity contribution < 1.29 is 14.3 Å². The maximum absolute atomic E-state index is 13.3. The van der Waals surface area contributed by atoms with Crippen molar-refractivity contribution >= 4 is 5.91 Å². The zero-order valence-corrected chi connectivity index (χ0v) is 12.1. The normalized spacial score (nSPS) is 10.7. The number of halogens is 1. The Bertz CT molecular complexity index is 539. The van der Waals surface area contributed by atoms with E-state index in [4.69, 9.17) is 5.11 Å². The van der Waals surface area contributed by atoms with Crippen LogP contribution in [0.1, 0.15) is 49.5 Å². The van der Waals surface area contributed by atoms with Gasteiger partial charge < -0.3 is 10.4 Å². The Labute approximate surface area is 119 Å². The van der Waals surface area contributed by atoms with Gasteiger partial charge >= 0.3 is 0 Å². The van der Waals surface area contributed by atoms with Crippen LogP contribution in [0.15, 0.2) is 18.2 Å². The second-order valence-electron chi connectivity index (χ2n) is 4.87. The van der Waals surface area contributed by atoms with Gasteiger partial charge in [0.15, 0.2) is 0 Å². The average molecular weight is 277 g/mol. The Morgan fingerprint density at radius 2 is 2.05 bits per heavy atom. The molecule has 0 bridgehead atoms. The third-order valence-corrected chi connectivity index (χ3v) is 3.50. The second kappa shape index (κ2) is 7.06. The Balaban J connectivity index is 3.11. The monoisotopic (exact) mass is 277 g/mol. The first-order chi connectivity index (χ1) is 9.45. The van der Waals surface area contributed by atoms with Crippen LogP contribution in [0.4, 0.5) is 4.39 Å². The Kier molecular flexibility index (Phi) is 5.72. The van der Waals surface area contributed by atoms with Crippen molar-refractivity contribution in [3.63, 3.8) is 0 Å². The predicted octanol–water partition coefficient (Wildman–Crippen LogP) is 2.48. The van der Waals surface area contributed by atoms with Crippen molar-refractivity contribution in [2.24, 2.45) is 0 Å². The summed E-state index contributed by atoms with van der Waals surface area (Å²) < 4.78 is 13.3. The number of hydrogen-bond donors (Lipinski definition) is 2. The molecule has 0 fully saturated rings. The minimum absolute atomic E-state index is 0.194. The van der Waals surface area contributed by atoms with Crippen LogP contribution in [0.2, 0.25) is 0 Å². The van der Waals surface area contributed by atoms with E-state index < -0.39 is 5.82 Å². The number of rotatable bonds is 4. The number of nitrogens with one attached hydrogen (secondary N) is 1. The summed E-state index contributed by atoms with van der Waals surface area (Å²) >= 11 is 0. The molecule has 0 aliphatic rings. The van der Waals surface area contributed by atoms with E-state index >= 15 is 0 Å². The highest BCUT2D eigenvalue weighted by atomic mass is 19.1. The molecular weight excluding hydrogens is 257 g/mol. The summed E-state index contributed by atoms with van der Waals surface area (Å²) in [6, 6.07) is 3.86. The van der Waals surface area contributed by atoms with Crippen LogP contribution in [0.3, 0.4) is 0 Å². The van der Waals surface area contributed by atoms with Crippen molar-refractivity contribution in [2.75, 3.05) is 6.61 Å². The van der Waals surface area contributed by atoms with Gasteiger partial charge in [-0.3, -0.25) is 4.79 Å². The molecule has 20 heavy (non-hydrogen) atoms. The van der Waals surface area contributed by atoms with Crippen LogP contribution < -0.4 is 5.32 Å². The van der Waals surface area contributed by atoms with Crippen LogP contribution in [0.5, 0.6) is 0 Å². The topological polar surface area (TPSA) is 49.3 Å². The summed E-state index contributed by atoms with van der Waals surface area (Å²) in [5, 5.41) is 11.6. The molecule has 2 N–H and O–H groups in total. The van der Waals surface area contributed by atoms with Gasteiger partial charge in [0.2, 0.25) is 0 Å². The van der Waals surface area contributed by atoms with Crippen molar-refractivity contribution in [2.45, 2.75) is 39.2 Å². The van der Waals surface area contributed by atoms with Gasteiger partial charge in [-0.05, 0) is 38.0 Å². The molecule has 3 nitrogen and oxygen atoms in total. The largest absolute Gasteiger partial charge is 0.384 e. The molecule has 1 aromatic carbocycles. The Morgan fingerprint density at radius 3 is 2.60 bits per heavy atom. The number of aliphatic hydroxyl groups is 1. The first kappa shape index (κ1) is 16.2. The third kappa shape index (κ3) is 4.07. The second-order valence-corrected chi connectivity index (χ2v) is 4.87. The lowest BCUT2D eigenvalue weighted by Crippen LogP contribution is -2.45. The molecular formula is C16H20FNO2. The highest BCUT2D eigenvalue weighted by molar-refractivity contribution is 5.97. The molecule has 0 spiro atoms. The standard InChI is InChI=1S/C16H20FNO2/c1-4-16(3,5-2)18-15(20)14-11-13(17)9-8-12(14)7-6-10-19/h8-9,11,19H,4-5,10H2,1-3H3,(H,18,20). The fraction of sp³-hybridized carbons (Fsp3) is 0.438. The molecule has 0 aromatic heterocycles. The molecule has 0 saturated heterocycles. The number of amides is 1. The molecule has 4 heteroatoms. The Hall–Kier alpha value is -1.86. The van der Waals surface area contributed by atoms with Gasteiger partial charge in [0.05, 0.1) is 5.56 Å². The molecule has 0 aliphatic heterocycles. The van der Waals surface area contributed by atoms with Crippen molar-refractivity contribution in [3.8, 4) is 11.8 Å². The number of carbonyl (C=O) groups is 1. The minimum Gasteiger partial charge on any atom is -0.384 e. The molecule has 0 aliphatic carbocycles. The molecule has 1 rings (SSSR count). The van der Waals surface area contributed by atoms with E-state index in [0.717, 1.165) is 12.8 Å². The molecule has 0 heterocycles. The summed E-state index contributed by atoms with van der Waals surface area (Å²) in [5.41, 5.74) is 0.275. The summed E-state index contributed by atoms with van der Waals surface area (Å²) in [7, 11) is 0. The number of benzene rings is 1. The molecule has 0 radical (unpaired) electrons. The number of carbonyl (C=O) groups excluding carboxylic acids is 1. The van der Waals surface area contributed by atoms with E-state index in [2.05, 4.69) is 17.2 Å². The van der Waals surface area contributed by atoms with E-state index in [1.54, 1.807) is 0 Å². The molecule has 1 aromatic rings. The lowest BCUT2D eigenvalue weighted by Gasteiger charge is -2.28. The van der Waals surface area contributed by atoms with Gasteiger partial charge in [0.1, 0.15) is 12.4 Å². The predicted molar refractivity (Wildman–Crippen MR) is 76.8 cm³/mol. The number of aliphatic hydroxyl groups excluding tert-OH is 1. The van der Waals surface area contributed by atoms with Gasteiger partial charge in [-0.15, -0.1) is 0 Å². The quantitative estimate of drug-likeness (QED) is 0.831. The van der Waals surface area contributed by atoms with Crippen molar-refractivity contribution in [1.82, 2.24) is 5.32 Å². The summed E-state index contributed by atoms with van der Waals surface area (Å²) in [6.07, 6.45) is 1.56. The number of hydrogen-bond acceptors (Lipinski definition) is 2. The maximum atomic E-state index is 13.3. The van der Waals surface area contributed by atoms with Crippen molar-refractivity contribution in [1.29, 1.82) is 0 Å². The summed E-state index contributed by atoms with van der Waals surface area (Å²) in [4.78, 5) is 12.3. The SMILES string of the molecule is CCC(C)(CC)NC(=O)c1cc(F)ccc1C#CCO. The van der Waals surface area contributed by atoms with E-state index in [1.165, 1.54) is 18.2 Å². The lowest BCUT2D eigenvalue weighted by atomic mass is 9.94. The van der Waals surface area contributed by atoms with E-state index in [-0.39, 0.29) is 23.6 Å². The molecule has 108 valence electrons. The van der Waals surface area contributed by atoms with Gasteiger partial charge in [-0.25, -0.2) is 4.39 Å². The van der Waals surface area contributed by atoms with E-state index in [1.807, 2.05) is 20.8 Å². The van der Waals surface area contributed by atoms with Crippen LogP contribution in [-0.2, 0) is 0 Å². The van der Waals surface area contributed by atoms with E-state index in [9.17, 15) is 9.18 Å². The average Bonchev–Trinajstić information content (AvgIpc) is 2.45. The first-order valence-electron chi connectivity index (χ1n) is 6.67. The Morgan fingerprint density at radius 1 is 1.40 bits per heavy atom. The van der Waals surface area contributed by atoms with E-state index in [0.29, 0.717) is 5.56 Å². The van der Waals surface area contributed by atoms with Gasteiger partial charge in [-0.1, -0.05) is 25.7 Å². The fourth-order valence-corrected chi connectivity index (χ4v) is 1.72. The summed E-state index contributed by atoms with van der Waals surface area (Å²) in [6.45, 7) is 5.62. The fourth-order valence-electron chi connectivity index (χ4n) is 1.72. The third-order valence-electron chi connectivity index (χ3n) is 3.50. The zero-order valence-electron chi connectivity index (χ0n) is 12.1. The highest BCUT2D eigenvalue weighted by Gasteiger charge is 2.23. The van der Waals surface area contributed by atoms with Crippen LogP contribution in [0.25, 0.3) is 0 Å². The first-order valence-corrected chi connectivity index (χ1v) is 6.67. The highest BCUT2D eigenvalue weighted by Crippen LogP contribution is 2.17. The molecule has 0 unspecified atom stereocenters. The van der Waals surface area contributed by atoms with Crippen molar-refractivity contribution in [3.05, 3.63) is 35.1 Å². The smallest absolute Gasteiger partial charge is 0.253 e. The molecule has 0 atom stereocenters. The lowest BCUT2D eigenvalue weighted by molar-refractivity contribution is 0.0900. The molecule has 1 amide bonds. The van der Waals surface area contributed by atoms with Gasteiger partial charge in [0, 0.05) is 11.1 Å². The summed E-state index contributed by atoms with van der Waals surface area (Å²) in [5.74, 6) is 4.30. The maximum Gasteiger partial charge on any atom is 0.253 e. The van der Waals surface area contributed by atoms with Crippen LogP contribution >= 0.6 is 0 Å². The van der Waals surface area contributed by atoms with Crippen LogP contribution in [-0.4, -0.2) is 23.2 Å². The van der Waals surface area contributed by atoms with Gasteiger partial charge in [0.25, 0.3) is 5.91 Å². The molecule has 0 saturated carbocycles. The van der Waals surface area contributed by atoms with Gasteiger partial charge in [-0.2, -0.15) is 0 Å².